The quantitative estimate of drug-likeness (QED) is 0.291. The van der Waals surface area contributed by atoms with Gasteiger partial charge in [0.2, 0.25) is 5.91 Å². The van der Waals surface area contributed by atoms with Crippen LogP contribution in [0.2, 0.25) is 0 Å². The fourth-order valence-electron chi connectivity index (χ4n) is 1.20. The van der Waals surface area contributed by atoms with E-state index in [1.54, 1.807) is 13.8 Å². The molecule has 0 radical (unpaired) electrons. The van der Waals surface area contributed by atoms with Crippen LogP contribution in [0.3, 0.4) is 0 Å². The SMILES string of the molecule is CCn1c(SCC(C)(C)C(=O)NN)n[nH]c1=O. The van der Waals surface area contributed by atoms with E-state index in [0.29, 0.717) is 17.5 Å². The summed E-state index contributed by atoms with van der Waals surface area (Å²) in [5.41, 5.74) is 1.27. The van der Waals surface area contributed by atoms with Gasteiger partial charge in [-0.25, -0.2) is 15.7 Å². The molecule has 0 atom stereocenters. The number of hydrogen-bond acceptors (Lipinski definition) is 5. The van der Waals surface area contributed by atoms with Crippen molar-refractivity contribution < 1.29 is 4.79 Å². The average molecular weight is 259 g/mol. The summed E-state index contributed by atoms with van der Waals surface area (Å²) in [6.45, 7) is 5.96. The van der Waals surface area contributed by atoms with Gasteiger partial charge in [0.05, 0.1) is 5.41 Å². The van der Waals surface area contributed by atoms with Gasteiger partial charge in [-0.2, -0.15) is 0 Å². The van der Waals surface area contributed by atoms with E-state index < -0.39 is 5.41 Å². The van der Waals surface area contributed by atoms with Gasteiger partial charge in [0.15, 0.2) is 5.16 Å². The lowest BCUT2D eigenvalue weighted by Crippen LogP contribution is -2.42. The third-order valence-electron chi connectivity index (χ3n) is 2.35. The summed E-state index contributed by atoms with van der Waals surface area (Å²) in [4.78, 5) is 22.8. The van der Waals surface area contributed by atoms with Crippen LogP contribution in [-0.2, 0) is 11.3 Å². The van der Waals surface area contributed by atoms with Crippen LogP contribution in [0.1, 0.15) is 20.8 Å². The van der Waals surface area contributed by atoms with Gasteiger partial charge in [-0.05, 0) is 6.92 Å². The molecule has 0 spiro atoms. The molecule has 0 saturated carbocycles. The van der Waals surface area contributed by atoms with E-state index in [4.69, 9.17) is 5.84 Å². The first-order valence-electron chi connectivity index (χ1n) is 5.21. The first-order chi connectivity index (χ1) is 7.92. The highest BCUT2D eigenvalue weighted by atomic mass is 32.2. The minimum Gasteiger partial charge on any atom is -0.294 e. The van der Waals surface area contributed by atoms with Crippen molar-refractivity contribution in [3.63, 3.8) is 0 Å². The largest absolute Gasteiger partial charge is 0.343 e. The number of aromatic amines is 1. The van der Waals surface area contributed by atoms with Gasteiger partial charge < -0.3 is 0 Å². The van der Waals surface area contributed by atoms with E-state index in [-0.39, 0.29) is 11.6 Å². The summed E-state index contributed by atoms with van der Waals surface area (Å²) in [7, 11) is 0. The van der Waals surface area contributed by atoms with Crippen LogP contribution in [0, 0.1) is 5.41 Å². The average Bonchev–Trinajstić information content (AvgIpc) is 2.66. The van der Waals surface area contributed by atoms with Crippen LogP contribution in [0.15, 0.2) is 9.95 Å². The number of amides is 1. The summed E-state index contributed by atoms with van der Waals surface area (Å²) in [5, 5.41) is 6.86. The number of carbonyl (C=O) groups is 1. The Morgan fingerprint density at radius 1 is 1.65 bits per heavy atom. The molecule has 0 aliphatic heterocycles. The third-order valence-corrected chi connectivity index (χ3v) is 3.78. The normalized spacial score (nSPS) is 11.5. The van der Waals surface area contributed by atoms with E-state index in [1.165, 1.54) is 16.3 Å². The summed E-state index contributed by atoms with van der Waals surface area (Å²) >= 11 is 1.35. The maximum absolute atomic E-state index is 11.5. The number of carbonyl (C=O) groups excluding carboxylic acids is 1. The van der Waals surface area contributed by atoms with Gasteiger partial charge in [0.25, 0.3) is 0 Å². The number of thioether (sulfide) groups is 1. The van der Waals surface area contributed by atoms with E-state index in [0.717, 1.165) is 0 Å². The summed E-state index contributed by atoms with van der Waals surface area (Å²) < 4.78 is 1.51. The highest BCUT2D eigenvalue weighted by Crippen LogP contribution is 2.25. The number of hydrazine groups is 1. The molecule has 96 valence electrons. The number of nitrogens with zero attached hydrogens (tertiary/aromatic N) is 2. The Hall–Kier alpha value is -1.28. The van der Waals surface area contributed by atoms with Gasteiger partial charge in [0, 0.05) is 12.3 Å². The first-order valence-corrected chi connectivity index (χ1v) is 6.20. The molecule has 1 aromatic rings. The highest BCUT2D eigenvalue weighted by Gasteiger charge is 2.28. The zero-order valence-corrected chi connectivity index (χ0v) is 10.9. The second-order valence-electron chi connectivity index (χ2n) is 4.20. The van der Waals surface area contributed by atoms with Crippen LogP contribution >= 0.6 is 11.8 Å². The predicted molar refractivity (Wildman–Crippen MR) is 65.4 cm³/mol. The van der Waals surface area contributed by atoms with Crippen LogP contribution in [0.5, 0.6) is 0 Å². The zero-order chi connectivity index (χ0) is 13.1. The van der Waals surface area contributed by atoms with Gasteiger partial charge in [-0.1, -0.05) is 25.6 Å². The first kappa shape index (κ1) is 13.8. The number of hydrogen-bond donors (Lipinski definition) is 3. The molecule has 0 aromatic carbocycles. The van der Waals surface area contributed by atoms with Gasteiger partial charge in [-0.15, -0.1) is 5.10 Å². The Balaban J connectivity index is 2.73. The molecule has 17 heavy (non-hydrogen) atoms. The maximum Gasteiger partial charge on any atom is 0.343 e. The Morgan fingerprint density at radius 3 is 2.82 bits per heavy atom. The molecule has 4 N–H and O–H groups in total. The van der Waals surface area contributed by atoms with Gasteiger partial charge >= 0.3 is 5.69 Å². The summed E-state index contributed by atoms with van der Waals surface area (Å²) in [5.74, 6) is 5.34. The van der Waals surface area contributed by atoms with Crippen molar-refractivity contribution in [2.24, 2.45) is 11.3 Å². The molecule has 1 amide bonds. The van der Waals surface area contributed by atoms with Crippen LogP contribution in [-0.4, -0.2) is 26.4 Å². The van der Waals surface area contributed by atoms with E-state index in [1.807, 2.05) is 6.92 Å². The molecule has 0 unspecified atom stereocenters. The summed E-state index contributed by atoms with van der Waals surface area (Å²) in [6.07, 6.45) is 0. The van der Waals surface area contributed by atoms with E-state index in [9.17, 15) is 9.59 Å². The number of rotatable bonds is 5. The number of H-pyrrole nitrogens is 1. The fraction of sp³-hybridized carbons (Fsp3) is 0.667. The third kappa shape index (κ3) is 3.10. The van der Waals surface area contributed by atoms with Crippen LogP contribution < -0.4 is 17.0 Å². The van der Waals surface area contributed by atoms with Crippen LogP contribution in [0.25, 0.3) is 0 Å². The molecular formula is C9H17N5O2S. The van der Waals surface area contributed by atoms with Crippen molar-refractivity contribution in [3.05, 3.63) is 10.5 Å². The molecule has 7 nitrogen and oxygen atoms in total. The Kier molecular flexibility index (Phi) is 4.35. The molecule has 0 fully saturated rings. The Bertz CT molecular complexity index is 450. The fourth-order valence-corrected chi connectivity index (χ4v) is 2.30. The van der Waals surface area contributed by atoms with Crippen molar-refractivity contribution in [1.29, 1.82) is 0 Å². The number of aromatic nitrogens is 3. The van der Waals surface area contributed by atoms with Crippen molar-refractivity contribution >= 4 is 17.7 Å². The molecule has 0 aliphatic carbocycles. The summed E-state index contributed by atoms with van der Waals surface area (Å²) in [6, 6.07) is 0. The van der Waals surface area contributed by atoms with E-state index >= 15 is 0 Å². The molecule has 8 heteroatoms. The lowest BCUT2D eigenvalue weighted by molar-refractivity contribution is -0.128. The maximum atomic E-state index is 11.5. The molecular weight excluding hydrogens is 242 g/mol. The lowest BCUT2D eigenvalue weighted by Gasteiger charge is -2.21. The Labute approximate surface area is 103 Å². The topological polar surface area (TPSA) is 106 Å². The van der Waals surface area contributed by atoms with E-state index in [2.05, 4.69) is 15.6 Å². The van der Waals surface area contributed by atoms with Crippen molar-refractivity contribution in [2.75, 3.05) is 5.75 Å². The number of nitrogens with one attached hydrogen (secondary N) is 2. The van der Waals surface area contributed by atoms with Gasteiger partial charge in [0.1, 0.15) is 0 Å². The molecule has 0 bridgehead atoms. The standard InChI is InChI=1S/C9H17N5O2S/c1-4-14-7(16)12-13-8(14)17-5-9(2,3)6(15)11-10/h4-5,10H2,1-3H3,(H,11,15)(H,12,16). The van der Waals surface area contributed by atoms with Crippen molar-refractivity contribution in [1.82, 2.24) is 20.2 Å². The monoisotopic (exact) mass is 259 g/mol. The molecule has 0 saturated heterocycles. The molecule has 1 heterocycles. The molecule has 1 aromatic heterocycles. The van der Waals surface area contributed by atoms with Crippen molar-refractivity contribution in [2.45, 2.75) is 32.5 Å². The minimum absolute atomic E-state index is 0.240. The Morgan fingerprint density at radius 2 is 2.29 bits per heavy atom. The highest BCUT2D eigenvalue weighted by molar-refractivity contribution is 7.99. The van der Waals surface area contributed by atoms with Crippen LogP contribution in [0.4, 0.5) is 0 Å². The van der Waals surface area contributed by atoms with Crippen molar-refractivity contribution in [3.8, 4) is 0 Å². The number of nitrogens with two attached hydrogens (primary N) is 1. The second kappa shape index (κ2) is 5.37. The zero-order valence-electron chi connectivity index (χ0n) is 10.1. The molecule has 1 rings (SSSR count). The lowest BCUT2D eigenvalue weighted by atomic mass is 9.96. The minimum atomic E-state index is -0.618. The van der Waals surface area contributed by atoms with Gasteiger partial charge in [-0.3, -0.25) is 14.8 Å². The smallest absolute Gasteiger partial charge is 0.294 e. The second-order valence-corrected chi connectivity index (χ2v) is 5.14. The molecule has 0 aliphatic rings. The predicted octanol–water partition coefficient (Wildman–Crippen LogP) is -0.300.